The first kappa shape index (κ1) is 19.9. The molecule has 7 nitrogen and oxygen atoms in total. The number of sulfonamides is 1. The highest BCUT2D eigenvalue weighted by molar-refractivity contribution is 7.89. The van der Waals surface area contributed by atoms with E-state index >= 15 is 0 Å². The number of piperazine rings is 1. The number of fused-ring (bicyclic) bond motifs is 1. The Bertz CT molecular complexity index is 1040. The summed E-state index contributed by atoms with van der Waals surface area (Å²) in [5, 5.41) is 0.119. The molecule has 2 aromatic carbocycles. The molecule has 0 aliphatic carbocycles. The van der Waals surface area contributed by atoms with E-state index in [0.29, 0.717) is 11.5 Å². The van der Waals surface area contributed by atoms with Gasteiger partial charge in [0.2, 0.25) is 16.1 Å². The third-order valence-corrected chi connectivity index (χ3v) is 7.01. The van der Waals surface area contributed by atoms with E-state index in [9.17, 15) is 17.6 Å². The van der Waals surface area contributed by atoms with Crippen molar-refractivity contribution in [2.45, 2.75) is 11.0 Å². The van der Waals surface area contributed by atoms with Gasteiger partial charge in [-0.3, -0.25) is 4.79 Å². The van der Waals surface area contributed by atoms with Crippen molar-refractivity contribution in [1.29, 1.82) is 0 Å². The number of para-hydroxylation sites is 2. The van der Waals surface area contributed by atoms with Crippen LogP contribution in [0.4, 0.5) is 4.39 Å². The number of hydrogen-bond acceptors (Lipinski definition) is 5. The molecule has 2 aromatic rings. The molecule has 2 aliphatic rings. The van der Waals surface area contributed by atoms with Crippen LogP contribution >= 0.6 is 11.6 Å². The first-order valence-electron chi connectivity index (χ1n) is 8.99. The monoisotopic (exact) mass is 440 g/mol. The highest BCUT2D eigenvalue weighted by Crippen LogP contribution is 2.31. The maximum Gasteiger partial charge on any atom is 0.267 e. The van der Waals surface area contributed by atoms with Crippen molar-refractivity contribution in [3.8, 4) is 11.5 Å². The van der Waals surface area contributed by atoms with Crippen LogP contribution in [0.1, 0.15) is 0 Å². The van der Waals surface area contributed by atoms with Crippen molar-refractivity contribution in [3.63, 3.8) is 0 Å². The number of halogens is 2. The maximum absolute atomic E-state index is 14.1. The van der Waals surface area contributed by atoms with E-state index in [0.717, 1.165) is 16.4 Å². The number of benzene rings is 2. The fourth-order valence-electron chi connectivity index (χ4n) is 3.32. The third kappa shape index (κ3) is 3.90. The highest BCUT2D eigenvalue weighted by atomic mass is 35.5. The standard InChI is InChI=1S/C19H18ClFN2O5S/c20-13-5-6-18(14(21)11-13)29(25,26)23-9-7-22(8-10-23)19(24)17-12-27-15-3-1-2-4-16(15)28-17/h1-6,11,17H,7-10,12H2/t17-/m1/s1. The van der Waals surface area contributed by atoms with Gasteiger partial charge in [0.05, 0.1) is 0 Å². The molecule has 2 aliphatic heterocycles. The minimum absolute atomic E-state index is 0.0559. The van der Waals surface area contributed by atoms with Crippen LogP contribution in [0.15, 0.2) is 47.4 Å². The fourth-order valence-corrected chi connectivity index (χ4v) is 4.94. The Labute approximate surface area is 172 Å². The van der Waals surface area contributed by atoms with Crippen LogP contribution in [-0.4, -0.2) is 62.4 Å². The highest BCUT2D eigenvalue weighted by Gasteiger charge is 2.36. The molecule has 4 rings (SSSR count). The van der Waals surface area contributed by atoms with Crippen molar-refractivity contribution in [3.05, 3.63) is 53.3 Å². The number of hydrogen-bond donors (Lipinski definition) is 0. The Morgan fingerprint density at radius 3 is 2.45 bits per heavy atom. The van der Waals surface area contributed by atoms with Crippen molar-refractivity contribution in [2.24, 2.45) is 0 Å². The van der Waals surface area contributed by atoms with E-state index in [1.165, 1.54) is 11.0 Å². The fraction of sp³-hybridized carbons (Fsp3) is 0.316. The Morgan fingerprint density at radius 2 is 1.76 bits per heavy atom. The van der Waals surface area contributed by atoms with E-state index in [-0.39, 0.29) is 43.7 Å². The minimum Gasteiger partial charge on any atom is -0.485 e. The smallest absolute Gasteiger partial charge is 0.267 e. The quantitative estimate of drug-likeness (QED) is 0.731. The SMILES string of the molecule is O=C([C@H]1COc2ccccc2O1)N1CCN(S(=O)(=O)c2ccc(Cl)cc2F)CC1. The van der Waals surface area contributed by atoms with Crippen LogP contribution in [0.5, 0.6) is 11.5 Å². The largest absolute Gasteiger partial charge is 0.485 e. The van der Waals surface area contributed by atoms with E-state index < -0.39 is 26.8 Å². The molecular weight excluding hydrogens is 423 g/mol. The predicted octanol–water partition coefficient (Wildman–Crippen LogP) is 2.15. The summed E-state index contributed by atoms with van der Waals surface area (Å²) < 4.78 is 52.0. The summed E-state index contributed by atoms with van der Waals surface area (Å²) in [6.45, 7) is 0.550. The second kappa shape index (κ2) is 7.81. The van der Waals surface area contributed by atoms with Crippen LogP contribution < -0.4 is 9.47 Å². The second-order valence-electron chi connectivity index (χ2n) is 6.67. The summed E-state index contributed by atoms with van der Waals surface area (Å²) >= 11 is 5.70. The molecule has 0 aromatic heterocycles. The van der Waals surface area contributed by atoms with Gasteiger partial charge in [0.1, 0.15) is 17.3 Å². The average molecular weight is 441 g/mol. The Kier molecular flexibility index (Phi) is 5.37. The van der Waals surface area contributed by atoms with Gasteiger partial charge < -0.3 is 14.4 Å². The predicted molar refractivity (Wildman–Crippen MR) is 103 cm³/mol. The molecule has 10 heteroatoms. The molecule has 1 amide bonds. The lowest BCUT2D eigenvalue weighted by Gasteiger charge is -2.36. The van der Waals surface area contributed by atoms with Crippen molar-refractivity contribution in [2.75, 3.05) is 32.8 Å². The number of carbonyl (C=O) groups is 1. The summed E-state index contributed by atoms with van der Waals surface area (Å²) in [4.78, 5) is 13.9. The Morgan fingerprint density at radius 1 is 1.07 bits per heavy atom. The molecule has 29 heavy (non-hydrogen) atoms. The van der Waals surface area contributed by atoms with E-state index in [1.54, 1.807) is 18.2 Å². The van der Waals surface area contributed by atoms with Gasteiger partial charge in [-0.05, 0) is 30.3 Å². The molecule has 0 unspecified atom stereocenters. The molecule has 1 saturated heterocycles. The van der Waals surface area contributed by atoms with Gasteiger partial charge in [-0.1, -0.05) is 23.7 Å². The lowest BCUT2D eigenvalue weighted by molar-refractivity contribution is -0.142. The van der Waals surface area contributed by atoms with Crippen LogP contribution in [0.25, 0.3) is 0 Å². The summed E-state index contributed by atoms with van der Waals surface area (Å²) in [6, 6.07) is 10.5. The number of nitrogens with zero attached hydrogens (tertiary/aromatic N) is 2. The molecule has 1 atom stereocenters. The minimum atomic E-state index is -4.02. The normalized spacial score (nSPS) is 19.8. The van der Waals surface area contributed by atoms with Gasteiger partial charge in [-0.25, -0.2) is 12.8 Å². The summed E-state index contributed by atoms with van der Waals surface area (Å²) in [7, 11) is -4.02. The third-order valence-electron chi connectivity index (χ3n) is 4.85. The van der Waals surface area contributed by atoms with E-state index in [4.69, 9.17) is 21.1 Å². The lowest BCUT2D eigenvalue weighted by atomic mass is 10.2. The zero-order valence-electron chi connectivity index (χ0n) is 15.3. The van der Waals surface area contributed by atoms with Gasteiger partial charge in [0, 0.05) is 31.2 Å². The summed E-state index contributed by atoms with van der Waals surface area (Å²) in [5.41, 5.74) is 0. The summed E-state index contributed by atoms with van der Waals surface area (Å²) in [5.74, 6) is -0.0920. The maximum atomic E-state index is 14.1. The zero-order valence-corrected chi connectivity index (χ0v) is 16.8. The molecule has 2 heterocycles. The van der Waals surface area contributed by atoms with Crippen LogP contribution in [-0.2, 0) is 14.8 Å². The number of amides is 1. The van der Waals surface area contributed by atoms with Crippen molar-refractivity contribution >= 4 is 27.5 Å². The Balaban J connectivity index is 1.41. The van der Waals surface area contributed by atoms with Gasteiger partial charge in [-0.15, -0.1) is 0 Å². The Hall–Kier alpha value is -2.36. The van der Waals surface area contributed by atoms with Crippen LogP contribution in [0, 0.1) is 5.82 Å². The molecule has 0 N–H and O–H groups in total. The van der Waals surface area contributed by atoms with E-state index in [1.807, 2.05) is 6.07 Å². The van der Waals surface area contributed by atoms with Crippen LogP contribution in [0.3, 0.4) is 0 Å². The second-order valence-corrected chi connectivity index (χ2v) is 9.01. The topological polar surface area (TPSA) is 76.2 Å². The van der Waals surface area contributed by atoms with Gasteiger partial charge in [-0.2, -0.15) is 4.31 Å². The molecule has 0 radical (unpaired) electrons. The molecule has 1 fully saturated rings. The molecule has 154 valence electrons. The van der Waals surface area contributed by atoms with E-state index in [2.05, 4.69) is 0 Å². The number of carbonyl (C=O) groups excluding carboxylic acids is 1. The number of rotatable bonds is 3. The number of ether oxygens (including phenoxy) is 2. The van der Waals surface area contributed by atoms with Gasteiger partial charge in [0.15, 0.2) is 11.5 Å². The molecular formula is C19H18ClFN2O5S. The van der Waals surface area contributed by atoms with Gasteiger partial charge >= 0.3 is 0 Å². The lowest BCUT2D eigenvalue weighted by Crippen LogP contribution is -2.55. The van der Waals surface area contributed by atoms with Crippen molar-refractivity contribution < 1.29 is 27.1 Å². The van der Waals surface area contributed by atoms with Crippen LogP contribution in [0.2, 0.25) is 5.02 Å². The van der Waals surface area contributed by atoms with Gasteiger partial charge in [0.25, 0.3) is 5.91 Å². The first-order valence-corrected chi connectivity index (χ1v) is 10.8. The summed E-state index contributed by atoms with van der Waals surface area (Å²) in [6.07, 6.45) is -0.790. The zero-order chi connectivity index (χ0) is 20.6. The van der Waals surface area contributed by atoms with Crippen molar-refractivity contribution in [1.82, 2.24) is 9.21 Å². The molecule has 0 spiro atoms. The molecule has 0 saturated carbocycles. The first-order chi connectivity index (χ1) is 13.9. The average Bonchev–Trinajstić information content (AvgIpc) is 2.72. The molecule has 0 bridgehead atoms.